The monoisotopic (exact) mass is 392 g/mol. The lowest BCUT2D eigenvalue weighted by Crippen LogP contribution is -2.24. The molecule has 146 valence electrons. The molecule has 0 aliphatic heterocycles. The van der Waals surface area contributed by atoms with E-state index < -0.39 is 18.0 Å². The minimum absolute atomic E-state index is 0.121. The molecule has 0 atom stereocenters. The SMILES string of the molecule is Cc1c(CC(=O)Nc2ccc(OC(F)(F)F)cc2)c(=O)c2ccccc2n1O. The number of fused-ring (bicyclic) bond motifs is 1. The van der Waals surface area contributed by atoms with Crippen LogP contribution in [0.25, 0.3) is 10.9 Å². The molecule has 9 heteroatoms. The standard InChI is InChI=1S/C19H15F3N2O4/c1-11-15(18(26)14-4-2-3-5-16(14)24(11)27)10-17(25)23-12-6-8-13(9-7-12)28-19(20,21)22/h2-9,27H,10H2,1H3,(H,23,25). The molecule has 0 saturated carbocycles. The normalized spacial score (nSPS) is 11.4. The zero-order valence-corrected chi connectivity index (χ0v) is 14.6. The number of nitrogens with one attached hydrogen (secondary N) is 1. The van der Waals surface area contributed by atoms with Crippen LogP contribution in [0, 0.1) is 6.92 Å². The number of hydrogen-bond donors (Lipinski definition) is 2. The highest BCUT2D eigenvalue weighted by atomic mass is 19.4. The Morgan fingerprint density at radius 3 is 2.43 bits per heavy atom. The second-order valence-corrected chi connectivity index (χ2v) is 6.02. The lowest BCUT2D eigenvalue weighted by Gasteiger charge is -2.13. The van der Waals surface area contributed by atoms with Crippen LogP contribution < -0.4 is 15.5 Å². The number of alkyl halides is 3. The lowest BCUT2D eigenvalue weighted by molar-refractivity contribution is -0.274. The van der Waals surface area contributed by atoms with Crippen LogP contribution in [0.4, 0.5) is 18.9 Å². The highest BCUT2D eigenvalue weighted by molar-refractivity contribution is 5.93. The Balaban J connectivity index is 1.79. The molecule has 3 aromatic rings. The van der Waals surface area contributed by atoms with Crippen LogP contribution in [-0.2, 0) is 11.2 Å². The van der Waals surface area contributed by atoms with Gasteiger partial charge in [0.05, 0.1) is 17.6 Å². The first-order chi connectivity index (χ1) is 13.2. The fourth-order valence-electron chi connectivity index (χ4n) is 2.80. The molecule has 0 bridgehead atoms. The van der Waals surface area contributed by atoms with Gasteiger partial charge in [-0.3, -0.25) is 9.59 Å². The summed E-state index contributed by atoms with van der Waals surface area (Å²) in [6.07, 6.45) is -5.11. The molecule has 1 amide bonds. The third-order valence-electron chi connectivity index (χ3n) is 4.11. The number of hydrogen-bond acceptors (Lipinski definition) is 4. The van der Waals surface area contributed by atoms with Gasteiger partial charge in [0.2, 0.25) is 5.91 Å². The number of carbonyl (C=O) groups is 1. The molecule has 0 saturated heterocycles. The number of nitrogens with zero attached hydrogens (tertiary/aromatic N) is 1. The topological polar surface area (TPSA) is 80.6 Å². The van der Waals surface area contributed by atoms with Gasteiger partial charge in [0.15, 0.2) is 5.43 Å². The molecule has 0 spiro atoms. The van der Waals surface area contributed by atoms with Crippen molar-refractivity contribution in [3.05, 3.63) is 70.0 Å². The van der Waals surface area contributed by atoms with E-state index >= 15 is 0 Å². The molecule has 0 aliphatic rings. The summed E-state index contributed by atoms with van der Waals surface area (Å²) in [6, 6.07) is 11.1. The van der Waals surface area contributed by atoms with Gasteiger partial charge in [-0.05, 0) is 43.3 Å². The van der Waals surface area contributed by atoms with Crippen molar-refractivity contribution in [3.63, 3.8) is 0 Å². The van der Waals surface area contributed by atoms with Crippen LogP contribution in [-0.4, -0.2) is 22.2 Å². The van der Waals surface area contributed by atoms with Crippen LogP contribution in [0.1, 0.15) is 11.3 Å². The Morgan fingerprint density at radius 2 is 1.79 bits per heavy atom. The van der Waals surface area contributed by atoms with Gasteiger partial charge in [-0.1, -0.05) is 12.1 Å². The number of carbonyl (C=O) groups excluding carboxylic acids is 1. The third-order valence-corrected chi connectivity index (χ3v) is 4.11. The van der Waals surface area contributed by atoms with Crippen molar-refractivity contribution in [3.8, 4) is 5.75 Å². The smallest absolute Gasteiger partial charge is 0.428 e. The molecule has 0 aliphatic carbocycles. The van der Waals surface area contributed by atoms with E-state index in [0.717, 1.165) is 16.9 Å². The van der Waals surface area contributed by atoms with Crippen LogP contribution in [0.15, 0.2) is 53.3 Å². The number of amides is 1. The molecule has 1 heterocycles. The van der Waals surface area contributed by atoms with Crippen molar-refractivity contribution >= 4 is 22.5 Å². The largest absolute Gasteiger partial charge is 0.573 e. The molecule has 2 aromatic carbocycles. The van der Waals surface area contributed by atoms with Gasteiger partial charge in [-0.15, -0.1) is 13.2 Å². The molecule has 0 radical (unpaired) electrons. The molecular formula is C19H15F3N2O4. The van der Waals surface area contributed by atoms with Gasteiger partial charge < -0.3 is 15.3 Å². The van der Waals surface area contributed by atoms with E-state index in [9.17, 15) is 28.0 Å². The number of ether oxygens (including phenoxy) is 1. The number of para-hydroxylation sites is 1. The maximum Gasteiger partial charge on any atom is 0.573 e. The minimum atomic E-state index is -4.80. The van der Waals surface area contributed by atoms with Crippen LogP contribution >= 0.6 is 0 Å². The highest BCUT2D eigenvalue weighted by Crippen LogP contribution is 2.24. The van der Waals surface area contributed by atoms with Crippen LogP contribution in [0.2, 0.25) is 0 Å². The molecule has 0 unspecified atom stereocenters. The van der Waals surface area contributed by atoms with E-state index in [-0.39, 0.29) is 34.2 Å². The van der Waals surface area contributed by atoms with Crippen LogP contribution in [0.3, 0.4) is 0 Å². The fourth-order valence-corrected chi connectivity index (χ4v) is 2.80. The minimum Gasteiger partial charge on any atom is -0.428 e. The molecular weight excluding hydrogens is 377 g/mol. The van der Waals surface area contributed by atoms with Crippen molar-refractivity contribution in [2.75, 3.05) is 5.32 Å². The molecule has 3 rings (SSSR count). The number of rotatable bonds is 4. The highest BCUT2D eigenvalue weighted by Gasteiger charge is 2.31. The summed E-state index contributed by atoms with van der Waals surface area (Å²) < 4.78 is 41.1. The Kier molecular flexibility index (Phi) is 5.00. The summed E-state index contributed by atoms with van der Waals surface area (Å²) in [5.41, 5.74) is 0.544. The predicted octanol–water partition coefficient (Wildman–Crippen LogP) is 3.63. The lowest BCUT2D eigenvalue weighted by atomic mass is 10.1. The molecule has 1 aromatic heterocycles. The van der Waals surface area contributed by atoms with Gasteiger partial charge >= 0.3 is 6.36 Å². The van der Waals surface area contributed by atoms with Gasteiger partial charge in [0, 0.05) is 16.6 Å². The first kappa shape index (κ1) is 19.3. The molecule has 0 fully saturated rings. The summed E-state index contributed by atoms with van der Waals surface area (Å²) in [5.74, 6) is -0.973. The summed E-state index contributed by atoms with van der Waals surface area (Å²) in [7, 11) is 0. The Hall–Kier alpha value is -3.49. The van der Waals surface area contributed by atoms with Crippen molar-refractivity contribution in [1.82, 2.24) is 4.73 Å². The average molecular weight is 392 g/mol. The number of benzene rings is 2. The first-order valence-electron chi connectivity index (χ1n) is 8.14. The Morgan fingerprint density at radius 1 is 1.14 bits per heavy atom. The maximum absolute atomic E-state index is 12.6. The maximum atomic E-state index is 12.6. The van der Waals surface area contributed by atoms with E-state index in [1.807, 2.05) is 0 Å². The molecule has 6 nitrogen and oxygen atoms in total. The zero-order valence-electron chi connectivity index (χ0n) is 14.6. The van der Waals surface area contributed by atoms with Crippen LogP contribution in [0.5, 0.6) is 5.75 Å². The summed E-state index contributed by atoms with van der Waals surface area (Å²) in [5, 5.41) is 13.0. The number of pyridine rings is 1. The number of anilines is 1. The first-order valence-corrected chi connectivity index (χ1v) is 8.14. The second kappa shape index (κ2) is 7.26. The molecule has 2 N–H and O–H groups in total. The van der Waals surface area contributed by atoms with Crippen molar-refractivity contribution < 1.29 is 27.9 Å². The van der Waals surface area contributed by atoms with Gasteiger partial charge in [-0.25, -0.2) is 0 Å². The average Bonchev–Trinajstić information content (AvgIpc) is 2.64. The summed E-state index contributed by atoms with van der Waals surface area (Å²) in [6.45, 7) is 1.51. The second-order valence-electron chi connectivity index (χ2n) is 6.02. The van der Waals surface area contributed by atoms with Crippen molar-refractivity contribution in [2.24, 2.45) is 0 Å². The van der Waals surface area contributed by atoms with Crippen molar-refractivity contribution in [2.45, 2.75) is 19.7 Å². The van der Waals surface area contributed by atoms with E-state index in [1.54, 1.807) is 24.3 Å². The van der Waals surface area contributed by atoms with E-state index in [0.29, 0.717) is 5.52 Å². The summed E-state index contributed by atoms with van der Waals surface area (Å²) >= 11 is 0. The van der Waals surface area contributed by atoms with E-state index in [1.165, 1.54) is 19.1 Å². The van der Waals surface area contributed by atoms with Gasteiger partial charge in [0.25, 0.3) is 0 Å². The summed E-state index contributed by atoms with van der Waals surface area (Å²) in [4.78, 5) is 24.9. The van der Waals surface area contributed by atoms with E-state index in [4.69, 9.17) is 0 Å². The fraction of sp³-hybridized carbons (Fsp3) is 0.158. The number of halogens is 3. The third kappa shape index (κ3) is 4.08. The van der Waals surface area contributed by atoms with Gasteiger partial charge in [0.1, 0.15) is 5.75 Å². The number of aromatic nitrogens is 1. The van der Waals surface area contributed by atoms with Crippen molar-refractivity contribution in [1.29, 1.82) is 0 Å². The quantitative estimate of drug-likeness (QED) is 0.665. The Bertz CT molecular complexity index is 1090. The molecule has 28 heavy (non-hydrogen) atoms. The zero-order chi connectivity index (χ0) is 20.5. The van der Waals surface area contributed by atoms with E-state index in [2.05, 4.69) is 10.1 Å². The Labute approximate surface area is 156 Å². The van der Waals surface area contributed by atoms with Gasteiger partial charge in [-0.2, -0.15) is 4.73 Å². The predicted molar refractivity (Wildman–Crippen MR) is 95.6 cm³/mol.